The Morgan fingerprint density at radius 1 is 1.12 bits per heavy atom. The number of ether oxygens (including phenoxy) is 1. The third-order valence-electron chi connectivity index (χ3n) is 7.17. The first-order valence-corrected chi connectivity index (χ1v) is 13.0. The standard InChI is InChI=1S/C28H26N8O6/c29-24-21-25(33-12-32-24)36(13-34-21)28-23(39)22(38)19(42-28)11-30-20(37)9-6-14-4-7-15(8-5-14)26(40)35-18-3-1-2-16-17(18)10-31-27(16)41/h1-9,12-13,19,22-23,28,38-39H,10-11H2,(H,30,37)(H,31,41)(H,35,40)(H2,29,32,33)/b9-6+/t19-,22-,23-,28?/m1/s1. The molecule has 4 aromatic rings. The van der Waals surface area contributed by atoms with Gasteiger partial charge in [0.25, 0.3) is 11.8 Å². The number of nitrogens with two attached hydrogens (primary N) is 1. The van der Waals surface area contributed by atoms with E-state index in [1.807, 2.05) is 0 Å². The lowest BCUT2D eigenvalue weighted by Crippen LogP contribution is -2.39. The molecule has 3 amide bonds. The number of carbonyl (C=O) groups is 3. The normalized spacial score (nSPS) is 21.4. The molecule has 2 aromatic carbocycles. The number of amides is 3. The highest BCUT2D eigenvalue weighted by Crippen LogP contribution is 2.31. The average molecular weight is 571 g/mol. The van der Waals surface area contributed by atoms with E-state index in [-0.39, 0.29) is 24.2 Å². The first kappa shape index (κ1) is 27.0. The van der Waals surface area contributed by atoms with Gasteiger partial charge in [0, 0.05) is 41.5 Å². The van der Waals surface area contributed by atoms with Crippen molar-refractivity contribution in [1.29, 1.82) is 0 Å². The fraction of sp³-hybridized carbons (Fsp3) is 0.214. The lowest BCUT2D eigenvalue weighted by atomic mass is 10.1. The largest absolute Gasteiger partial charge is 0.387 e. The first-order chi connectivity index (χ1) is 20.3. The van der Waals surface area contributed by atoms with Crippen molar-refractivity contribution >= 4 is 46.5 Å². The number of benzene rings is 2. The number of aromatic nitrogens is 4. The average Bonchev–Trinajstić information content (AvgIpc) is 3.68. The quantitative estimate of drug-likeness (QED) is 0.168. The number of aliphatic hydroxyl groups excluding tert-OH is 2. The van der Waals surface area contributed by atoms with Crippen molar-refractivity contribution in [2.24, 2.45) is 0 Å². The Morgan fingerprint density at radius 3 is 2.74 bits per heavy atom. The molecule has 0 aliphatic carbocycles. The number of anilines is 2. The maximum atomic E-state index is 12.7. The van der Waals surface area contributed by atoms with Crippen LogP contribution in [0.2, 0.25) is 0 Å². The lowest BCUT2D eigenvalue weighted by Gasteiger charge is -2.16. The summed E-state index contributed by atoms with van der Waals surface area (Å²) in [6.07, 6.45) is 1.08. The summed E-state index contributed by atoms with van der Waals surface area (Å²) < 4.78 is 7.28. The number of nitrogens with zero attached hydrogens (tertiary/aromatic N) is 4. The number of imidazole rings is 1. The molecule has 6 rings (SSSR count). The van der Waals surface area contributed by atoms with E-state index in [9.17, 15) is 24.6 Å². The third-order valence-corrected chi connectivity index (χ3v) is 7.17. The predicted molar refractivity (Wildman–Crippen MR) is 150 cm³/mol. The Bertz CT molecular complexity index is 1720. The zero-order valence-electron chi connectivity index (χ0n) is 22.0. The Hall–Kier alpha value is -5.18. The van der Waals surface area contributed by atoms with Gasteiger partial charge in [-0.1, -0.05) is 18.2 Å². The number of aliphatic hydroxyl groups is 2. The Labute approximate surface area is 238 Å². The van der Waals surface area contributed by atoms with Crippen molar-refractivity contribution in [3.63, 3.8) is 0 Å². The molecule has 2 aliphatic heterocycles. The Morgan fingerprint density at radius 2 is 1.93 bits per heavy atom. The van der Waals surface area contributed by atoms with Crippen molar-refractivity contribution in [1.82, 2.24) is 30.2 Å². The molecule has 1 unspecified atom stereocenters. The lowest BCUT2D eigenvalue weighted by molar-refractivity contribution is -0.117. The fourth-order valence-corrected chi connectivity index (χ4v) is 4.93. The van der Waals surface area contributed by atoms with E-state index in [1.54, 1.807) is 48.5 Å². The molecule has 0 spiro atoms. The van der Waals surface area contributed by atoms with Gasteiger partial charge in [0.1, 0.15) is 30.2 Å². The van der Waals surface area contributed by atoms with Gasteiger partial charge in [0.2, 0.25) is 5.91 Å². The van der Waals surface area contributed by atoms with Gasteiger partial charge < -0.3 is 36.6 Å². The summed E-state index contributed by atoms with van der Waals surface area (Å²) in [7, 11) is 0. The van der Waals surface area contributed by atoms with Gasteiger partial charge in [-0.05, 0) is 35.9 Å². The molecule has 214 valence electrons. The summed E-state index contributed by atoms with van der Waals surface area (Å²) in [5.41, 5.74) is 9.45. The van der Waals surface area contributed by atoms with Crippen LogP contribution in [-0.2, 0) is 16.1 Å². The van der Waals surface area contributed by atoms with E-state index < -0.39 is 30.4 Å². The smallest absolute Gasteiger partial charge is 0.255 e. The molecule has 14 heteroatoms. The molecule has 0 saturated carbocycles. The number of nitrogen functional groups attached to an aromatic ring is 1. The van der Waals surface area contributed by atoms with Gasteiger partial charge in [0.15, 0.2) is 17.7 Å². The van der Waals surface area contributed by atoms with Crippen molar-refractivity contribution in [2.75, 3.05) is 17.6 Å². The molecule has 1 saturated heterocycles. The second-order valence-electron chi connectivity index (χ2n) is 9.80. The van der Waals surface area contributed by atoms with Gasteiger partial charge >= 0.3 is 0 Å². The number of hydrogen-bond acceptors (Lipinski definition) is 10. The monoisotopic (exact) mass is 570 g/mol. The minimum absolute atomic E-state index is 0.0644. The number of carbonyl (C=O) groups excluding carboxylic acids is 3. The van der Waals surface area contributed by atoms with Crippen LogP contribution in [0.5, 0.6) is 0 Å². The molecule has 2 aliphatic rings. The first-order valence-electron chi connectivity index (χ1n) is 13.0. The summed E-state index contributed by atoms with van der Waals surface area (Å²) in [5.74, 6) is -0.766. The maximum Gasteiger partial charge on any atom is 0.255 e. The van der Waals surface area contributed by atoms with Crippen LogP contribution in [0.15, 0.2) is 61.2 Å². The number of rotatable bonds is 7. The SMILES string of the molecule is Nc1ncnc2c1ncn2C1O[C@H](CNC(=O)/C=C/c2ccc(C(=O)Nc3cccc4c3CNC4=O)cc2)[C@@H](O)[C@H]1O. The summed E-state index contributed by atoms with van der Waals surface area (Å²) in [6.45, 7) is 0.293. The van der Waals surface area contributed by atoms with Crippen molar-refractivity contribution < 1.29 is 29.3 Å². The minimum Gasteiger partial charge on any atom is -0.387 e. The van der Waals surface area contributed by atoms with Crippen LogP contribution in [-0.4, -0.2) is 72.3 Å². The van der Waals surface area contributed by atoms with E-state index in [1.165, 1.54) is 23.3 Å². The molecule has 2 aromatic heterocycles. The van der Waals surface area contributed by atoms with Crippen LogP contribution in [0.4, 0.5) is 11.5 Å². The third kappa shape index (κ3) is 5.05. The molecular weight excluding hydrogens is 544 g/mol. The van der Waals surface area contributed by atoms with Crippen molar-refractivity contribution in [2.45, 2.75) is 31.1 Å². The zero-order valence-corrected chi connectivity index (χ0v) is 22.0. The van der Waals surface area contributed by atoms with Crippen LogP contribution in [0.3, 0.4) is 0 Å². The van der Waals surface area contributed by atoms with Crippen LogP contribution in [0.1, 0.15) is 38.1 Å². The maximum absolute atomic E-state index is 12.7. The summed E-state index contributed by atoms with van der Waals surface area (Å²) in [6, 6.07) is 11.8. The van der Waals surface area contributed by atoms with Crippen LogP contribution < -0.4 is 21.7 Å². The van der Waals surface area contributed by atoms with Crippen molar-refractivity contribution in [3.8, 4) is 0 Å². The molecule has 4 heterocycles. The highest BCUT2D eigenvalue weighted by atomic mass is 16.6. The van der Waals surface area contributed by atoms with Crippen LogP contribution >= 0.6 is 0 Å². The minimum atomic E-state index is -1.30. The molecule has 0 radical (unpaired) electrons. The number of nitrogens with one attached hydrogen (secondary N) is 3. The number of hydrogen-bond donors (Lipinski definition) is 6. The molecule has 0 bridgehead atoms. The Kier molecular flexibility index (Phi) is 7.08. The van der Waals surface area contributed by atoms with E-state index in [0.717, 1.165) is 5.56 Å². The topological polar surface area (TPSA) is 207 Å². The number of fused-ring (bicyclic) bond motifs is 2. The summed E-state index contributed by atoms with van der Waals surface area (Å²) in [5, 5.41) is 29.3. The van der Waals surface area contributed by atoms with E-state index in [0.29, 0.717) is 40.1 Å². The van der Waals surface area contributed by atoms with E-state index >= 15 is 0 Å². The highest BCUT2D eigenvalue weighted by Gasteiger charge is 2.44. The second kappa shape index (κ2) is 11.0. The van der Waals surface area contributed by atoms with Gasteiger partial charge in [-0.2, -0.15) is 0 Å². The Balaban J connectivity index is 1.03. The van der Waals surface area contributed by atoms with Gasteiger partial charge in [-0.15, -0.1) is 0 Å². The van der Waals surface area contributed by atoms with E-state index in [2.05, 4.69) is 30.9 Å². The van der Waals surface area contributed by atoms with Gasteiger partial charge in [-0.3, -0.25) is 19.0 Å². The second-order valence-corrected chi connectivity index (χ2v) is 9.80. The van der Waals surface area contributed by atoms with Crippen molar-refractivity contribution in [3.05, 3.63) is 83.4 Å². The fourth-order valence-electron chi connectivity index (χ4n) is 4.93. The van der Waals surface area contributed by atoms with Crippen LogP contribution in [0, 0.1) is 0 Å². The zero-order chi connectivity index (χ0) is 29.4. The van der Waals surface area contributed by atoms with Gasteiger partial charge in [0.05, 0.1) is 6.33 Å². The molecule has 7 N–H and O–H groups in total. The summed E-state index contributed by atoms with van der Waals surface area (Å²) >= 11 is 0. The highest BCUT2D eigenvalue weighted by molar-refractivity contribution is 6.07. The molecule has 42 heavy (non-hydrogen) atoms. The predicted octanol–water partition coefficient (Wildman–Crippen LogP) is 0.353. The van der Waals surface area contributed by atoms with Gasteiger partial charge in [-0.25, -0.2) is 15.0 Å². The molecule has 1 fully saturated rings. The molecule has 14 nitrogen and oxygen atoms in total. The molecule has 4 atom stereocenters. The van der Waals surface area contributed by atoms with Crippen LogP contribution in [0.25, 0.3) is 17.2 Å². The molecular formula is C28H26N8O6. The summed E-state index contributed by atoms with van der Waals surface area (Å²) in [4.78, 5) is 49.2. The van der Waals surface area contributed by atoms with E-state index in [4.69, 9.17) is 10.5 Å².